The zero-order chi connectivity index (χ0) is 8.43. The highest BCUT2D eigenvalue weighted by Crippen LogP contribution is 2.02. The molecule has 0 atom stereocenters. The van der Waals surface area contributed by atoms with E-state index < -0.39 is 20.4 Å². The zero-order valence-electron chi connectivity index (χ0n) is 6.97. The minimum absolute atomic E-state index is 0. The van der Waals surface area contributed by atoms with Crippen molar-refractivity contribution < 1.29 is 13.5 Å². The first-order valence-electron chi connectivity index (χ1n) is 3.56. The second kappa shape index (κ2) is 4.30. The van der Waals surface area contributed by atoms with Gasteiger partial charge in [0.25, 0.3) is 0 Å². The Morgan fingerprint density at radius 2 is 1.67 bits per heavy atom. The summed E-state index contributed by atoms with van der Waals surface area (Å²) in [5.74, 6) is -1.49. The molecule has 0 heterocycles. The molecule has 0 fully saturated rings. The molecule has 0 saturated heterocycles. The molecule has 1 rings (SSSR count). The number of hydrogen-bond acceptors (Lipinski definition) is 0. The summed E-state index contributed by atoms with van der Waals surface area (Å²) in [6.45, 7) is 4.15. The van der Waals surface area contributed by atoms with E-state index in [0.29, 0.717) is 0 Å². The van der Waals surface area contributed by atoms with Crippen molar-refractivity contribution in [3.8, 4) is 0 Å². The van der Waals surface area contributed by atoms with Crippen LogP contribution in [0, 0.1) is 11.6 Å². The largest absolute Gasteiger partial charge is 0.269 e. The Balaban J connectivity index is 0.00000121. The lowest BCUT2D eigenvalue weighted by Crippen LogP contribution is -2.22. The second-order valence-electron chi connectivity index (χ2n) is 2.83. The molecule has 0 aromatic heterocycles. The lowest BCUT2D eigenvalue weighted by Gasteiger charge is -2.02. The van der Waals surface area contributed by atoms with Crippen molar-refractivity contribution in [1.82, 2.24) is 0 Å². The summed E-state index contributed by atoms with van der Waals surface area (Å²) in [5, 5.41) is 0.962. The average Bonchev–Trinajstić information content (AvgIpc) is 1.94. The van der Waals surface area contributed by atoms with Crippen LogP contribution in [0.1, 0.15) is 0 Å². The minimum Gasteiger partial charge on any atom is -0.269 e. The van der Waals surface area contributed by atoms with Crippen LogP contribution in [-0.2, 0) is 0 Å². The van der Waals surface area contributed by atoms with Crippen molar-refractivity contribution in [2.75, 3.05) is 0 Å². The Bertz CT molecular complexity index is 260. The first-order valence-corrected chi connectivity index (χ1v) is 6.45. The van der Waals surface area contributed by atoms with E-state index in [2.05, 4.69) is 13.1 Å². The summed E-state index contributed by atoms with van der Waals surface area (Å²) in [6.07, 6.45) is 0. The van der Waals surface area contributed by atoms with E-state index in [1.807, 2.05) is 0 Å². The van der Waals surface area contributed by atoms with Gasteiger partial charge in [-0.15, -0.1) is 0 Å². The molecular weight excluding hydrogens is 181 g/mol. The Labute approximate surface area is 71.2 Å². The molecule has 1 aromatic rings. The second-order valence-corrected chi connectivity index (χ2v) is 5.80. The van der Waals surface area contributed by atoms with Gasteiger partial charge in [-0.25, -0.2) is 8.78 Å². The highest BCUT2D eigenvalue weighted by atomic mass is 28.3. The smallest absolute Gasteiger partial charge is 0.158 e. The Morgan fingerprint density at radius 3 is 2.08 bits per heavy atom. The molecule has 4 heteroatoms. The van der Waals surface area contributed by atoms with Gasteiger partial charge in [-0.1, -0.05) is 24.3 Å². The van der Waals surface area contributed by atoms with Crippen molar-refractivity contribution in [3.63, 3.8) is 0 Å². The maximum absolute atomic E-state index is 12.6. The molecule has 0 saturated carbocycles. The van der Waals surface area contributed by atoms with Crippen LogP contribution in [0.2, 0.25) is 13.1 Å². The summed E-state index contributed by atoms with van der Waals surface area (Å²) in [7, 11) is -0.984. The quantitative estimate of drug-likeness (QED) is 0.595. The van der Waals surface area contributed by atoms with Gasteiger partial charge < -0.3 is 0 Å². The highest BCUT2D eigenvalue weighted by Gasteiger charge is 2.05. The predicted molar refractivity (Wildman–Crippen MR) is 47.4 cm³/mol. The van der Waals surface area contributed by atoms with Gasteiger partial charge in [-0.2, -0.15) is 0 Å². The van der Waals surface area contributed by atoms with Crippen LogP contribution in [0.15, 0.2) is 18.2 Å². The van der Waals surface area contributed by atoms with E-state index in [1.165, 1.54) is 12.1 Å². The van der Waals surface area contributed by atoms with Gasteiger partial charge >= 0.3 is 0 Å². The third-order valence-corrected chi connectivity index (χ3v) is 3.30. The summed E-state index contributed by atoms with van der Waals surface area (Å²) < 4.78 is 25.0. The molecule has 0 aliphatic carbocycles. The van der Waals surface area contributed by atoms with E-state index in [9.17, 15) is 8.78 Å². The summed E-state index contributed by atoms with van der Waals surface area (Å²) >= 11 is 0. The molecule has 1 aromatic carbocycles. The van der Waals surface area contributed by atoms with E-state index in [1.54, 1.807) is 6.07 Å². The molecule has 0 unspecified atom stereocenters. The number of benzene rings is 1. The molecular formula is C8H11F3Si. The highest BCUT2D eigenvalue weighted by molar-refractivity contribution is 6.70. The van der Waals surface area contributed by atoms with Gasteiger partial charge in [0.05, 0.1) is 8.80 Å². The Morgan fingerprint density at radius 1 is 1.08 bits per heavy atom. The van der Waals surface area contributed by atoms with Gasteiger partial charge in [0.1, 0.15) is 0 Å². The summed E-state index contributed by atoms with van der Waals surface area (Å²) in [4.78, 5) is 0. The zero-order valence-corrected chi connectivity index (χ0v) is 8.13. The molecule has 0 radical (unpaired) electrons. The average molecular weight is 192 g/mol. The van der Waals surface area contributed by atoms with Crippen LogP contribution in [0.3, 0.4) is 0 Å². The van der Waals surface area contributed by atoms with Crippen LogP contribution >= 0.6 is 0 Å². The Kier molecular flexibility index (Phi) is 4.02. The van der Waals surface area contributed by atoms with Gasteiger partial charge in [0, 0.05) is 0 Å². The van der Waals surface area contributed by atoms with Crippen LogP contribution in [0.5, 0.6) is 0 Å². The first-order chi connectivity index (χ1) is 5.11. The van der Waals surface area contributed by atoms with Gasteiger partial charge in [-0.3, -0.25) is 4.70 Å². The predicted octanol–water partition coefficient (Wildman–Crippen LogP) is 1.81. The molecule has 0 bridgehead atoms. The number of hydrogen-bond donors (Lipinski definition) is 0. The monoisotopic (exact) mass is 192 g/mol. The van der Waals surface area contributed by atoms with Crippen LogP contribution < -0.4 is 5.19 Å². The molecule has 0 amide bonds. The molecule has 0 aliphatic heterocycles. The van der Waals surface area contributed by atoms with E-state index in [4.69, 9.17) is 0 Å². The van der Waals surface area contributed by atoms with E-state index >= 15 is 0 Å². The number of halogens is 3. The van der Waals surface area contributed by atoms with Crippen molar-refractivity contribution >= 4 is 14.0 Å². The van der Waals surface area contributed by atoms with Crippen molar-refractivity contribution in [2.24, 2.45) is 0 Å². The van der Waals surface area contributed by atoms with Crippen LogP contribution in [-0.4, -0.2) is 8.80 Å². The topological polar surface area (TPSA) is 0 Å². The van der Waals surface area contributed by atoms with Crippen LogP contribution in [0.25, 0.3) is 0 Å². The van der Waals surface area contributed by atoms with Crippen molar-refractivity contribution in [2.45, 2.75) is 13.1 Å². The van der Waals surface area contributed by atoms with Gasteiger partial charge in [0.2, 0.25) is 0 Å². The fraction of sp³-hybridized carbons (Fsp3) is 0.250. The lowest BCUT2D eigenvalue weighted by molar-refractivity contribution is 0.509. The SMILES string of the molecule is C[SiH](C)c1ccc(F)c(F)c1.F. The standard InChI is InChI=1S/C8H10F2Si.FH/c1-11(2)6-3-4-7(9)8(10)5-6;/h3-5,11H,1-2H3;1H. The molecule has 12 heavy (non-hydrogen) atoms. The molecule has 0 N–H and O–H groups in total. The van der Waals surface area contributed by atoms with E-state index in [0.717, 1.165) is 5.19 Å². The third kappa shape index (κ3) is 2.37. The fourth-order valence-corrected chi connectivity index (χ4v) is 1.83. The normalized spacial score (nSPS) is 9.75. The molecule has 0 spiro atoms. The summed E-state index contributed by atoms with van der Waals surface area (Å²) in [6, 6.07) is 4.15. The lowest BCUT2D eigenvalue weighted by atomic mass is 10.3. The summed E-state index contributed by atoms with van der Waals surface area (Å²) in [5.41, 5.74) is 0. The Hall–Kier alpha value is -0.773. The maximum Gasteiger partial charge on any atom is 0.158 e. The minimum atomic E-state index is -0.984. The molecule has 68 valence electrons. The fourth-order valence-electron chi connectivity index (χ4n) is 0.871. The molecule has 0 aliphatic rings. The number of rotatable bonds is 1. The molecule has 0 nitrogen and oxygen atoms in total. The maximum atomic E-state index is 12.6. The van der Waals surface area contributed by atoms with E-state index in [-0.39, 0.29) is 4.70 Å². The van der Waals surface area contributed by atoms with Crippen LogP contribution in [0.4, 0.5) is 13.5 Å². The van der Waals surface area contributed by atoms with Crippen molar-refractivity contribution in [1.29, 1.82) is 0 Å². The first kappa shape index (κ1) is 11.2. The van der Waals surface area contributed by atoms with Gasteiger partial charge in [0.15, 0.2) is 11.6 Å². The third-order valence-electron chi connectivity index (χ3n) is 1.61. The van der Waals surface area contributed by atoms with Crippen molar-refractivity contribution in [3.05, 3.63) is 29.8 Å². The van der Waals surface area contributed by atoms with Gasteiger partial charge in [-0.05, 0) is 12.1 Å².